The van der Waals surface area contributed by atoms with Gasteiger partial charge >= 0.3 is 5.97 Å². The lowest BCUT2D eigenvalue weighted by molar-refractivity contribution is 0.0697. The zero-order valence-electron chi connectivity index (χ0n) is 13.9. The molecule has 126 valence electrons. The average Bonchev–Trinajstić information content (AvgIpc) is 2.67. The molecule has 25 heavy (non-hydrogen) atoms. The molecule has 0 radical (unpaired) electrons. The molecule has 0 fully saturated rings. The van der Waals surface area contributed by atoms with Crippen LogP contribution in [0.4, 0.5) is 11.5 Å². The zero-order chi connectivity index (χ0) is 17.8. The average molecular weight is 335 g/mol. The summed E-state index contributed by atoms with van der Waals surface area (Å²) in [6, 6.07) is 16.7. The Hall–Kier alpha value is -3.41. The number of aromatic carboxylic acids is 1. The van der Waals surface area contributed by atoms with E-state index in [9.17, 15) is 9.90 Å². The highest BCUT2D eigenvalue weighted by Crippen LogP contribution is 2.27. The molecule has 3 rings (SSSR count). The van der Waals surface area contributed by atoms with Crippen molar-refractivity contribution >= 4 is 17.5 Å². The lowest BCUT2D eigenvalue weighted by atomic mass is 10.2. The molecule has 1 N–H and O–H groups in total. The van der Waals surface area contributed by atoms with Crippen molar-refractivity contribution in [1.82, 2.24) is 9.97 Å². The summed E-state index contributed by atoms with van der Waals surface area (Å²) in [5.41, 5.74) is 1.66. The maximum absolute atomic E-state index is 11.6. The van der Waals surface area contributed by atoms with Gasteiger partial charge in [0.2, 0.25) is 0 Å². The molecule has 0 saturated heterocycles. The molecule has 3 aromatic rings. The number of nitrogens with zero attached hydrogens (tertiary/aromatic N) is 3. The minimum Gasteiger partial charge on any atom is -0.497 e. The van der Waals surface area contributed by atoms with Crippen LogP contribution >= 0.6 is 0 Å². The zero-order valence-corrected chi connectivity index (χ0v) is 13.9. The summed E-state index contributed by atoms with van der Waals surface area (Å²) in [7, 11) is 3.38. The van der Waals surface area contributed by atoms with Crippen LogP contribution in [0.15, 0.2) is 60.8 Å². The number of anilines is 2. The van der Waals surface area contributed by atoms with Gasteiger partial charge in [0.05, 0.1) is 7.11 Å². The molecule has 6 heteroatoms. The maximum atomic E-state index is 11.6. The van der Waals surface area contributed by atoms with Crippen molar-refractivity contribution in [2.24, 2.45) is 0 Å². The van der Waals surface area contributed by atoms with Crippen LogP contribution in [0.25, 0.3) is 11.4 Å². The summed E-state index contributed by atoms with van der Waals surface area (Å²) in [6.45, 7) is 0. The molecule has 0 saturated carbocycles. The van der Waals surface area contributed by atoms with Crippen LogP contribution in [-0.2, 0) is 0 Å². The highest BCUT2D eigenvalue weighted by molar-refractivity contribution is 5.94. The van der Waals surface area contributed by atoms with Gasteiger partial charge in [0.15, 0.2) is 11.6 Å². The van der Waals surface area contributed by atoms with Crippen LogP contribution in [0.5, 0.6) is 5.75 Å². The highest BCUT2D eigenvalue weighted by atomic mass is 16.5. The number of benzene rings is 2. The molecule has 1 heterocycles. The van der Waals surface area contributed by atoms with Crippen LogP contribution in [-0.4, -0.2) is 35.2 Å². The lowest BCUT2D eigenvalue weighted by Crippen LogP contribution is -2.17. The lowest BCUT2D eigenvalue weighted by Gasteiger charge is -2.20. The van der Waals surface area contributed by atoms with E-state index in [4.69, 9.17) is 4.74 Å². The molecular weight excluding hydrogens is 318 g/mol. The Labute approximate surface area is 145 Å². The SMILES string of the molecule is COc1ccc(-c2ncc(C(=O)O)c(N(C)c3ccccc3)n2)cc1. The van der Waals surface area contributed by atoms with E-state index in [0.717, 1.165) is 17.0 Å². The molecule has 0 amide bonds. The van der Waals surface area contributed by atoms with Crippen molar-refractivity contribution in [2.75, 3.05) is 19.1 Å². The fourth-order valence-electron chi connectivity index (χ4n) is 2.43. The molecule has 0 unspecified atom stereocenters. The minimum absolute atomic E-state index is 0.0450. The molecule has 2 aromatic carbocycles. The van der Waals surface area contributed by atoms with Gasteiger partial charge in [-0.25, -0.2) is 14.8 Å². The second-order valence-corrected chi connectivity index (χ2v) is 5.36. The molecule has 0 atom stereocenters. The van der Waals surface area contributed by atoms with Crippen molar-refractivity contribution in [2.45, 2.75) is 0 Å². The van der Waals surface area contributed by atoms with Crippen LogP contribution in [0.3, 0.4) is 0 Å². The van der Waals surface area contributed by atoms with Gasteiger partial charge < -0.3 is 14.7 Å². The predicted molar refractivity (Wildman–Crippen MR) is 95.5 cm³/mol. The second-order valence-electron chi connectivity index (χ2n) is 5.36. The van der Waals surface area contributed by atoms with Gasteiger partial charge in [0, 0.05) is 24.5 Å². The minimum atomic E-state index is -1.07. The van der Waals surface area contributed by atoms with Crippen molar-refractivity contribution in [1.29, 1.82) is 0 Å². The van der Waals surface area contributed by atoms with E-state index < -0.39 is 5.97 Å². The van der Waals surface area contributed by atoms with E-state index in [1.165, 1.54) is 6.20 Å². The van der Waals surface area contributed by atoms with E-state index in [0.29, 0.717) is 11.6 Å². The fraction of sp³-hybridized carbons (Fsp3) is 0.105. The first kappa shape index (κ1) is 16.4. The van der Waals surface area contributed by atoms with Crippen LogP contribution in [0.2, 0.25) is 0 Å². The summed E-state index contributed by atoms with van der Waals surface area (Å²) in [4.78, 5) is 22.0. The smallest absolute Gasteiger partial charge is 0.341 e. The van der Waals surface area contributed by atoms with Crippen LogP contribution < -0.4 is 9.64 Å². The first-order chi connectivity index (χ1) is 12.1. The maximum Gasteiger partial charge on any atom is 0.341 e. The summed E-state index contributed by atoms with van der Waals surface area (Å²) in [5.74, 6) is 0.441. The molecule has 0 aliphatic rings. The fourth-order valence-corrected chi connectivity index (χ4v) is 2.43. The predicted octanol–water partition coefficient (Wildman–Crippen LogP) is 3.62. The Kier molecular flexibility index (Phi) is 4.61. The number of carboxylic acid groups (broad SMARTS) is 1. The molecule has 0 aliphatic heterocycles. The largest absolute Gasteiger partial charge is 0.497 e. The van der Waals surface area contributed by atoms with E-state index in [1.807, 2.05) is 54.6 Å². The third-order valence-electron chi connectivity index (χ3n) is 3.81. The van der Waals surface area contributed by atoms with Gasteiger partial charge in [-0.2, -0.15) is 0 Å². The molecular formula is C19H17N3O3. The number of carboxylic acids is 1. The van der Waals surface area contributed by atoms with Gasteiger partial charge in [-0.15, -0.1) is 0 Å². The number of aromatic nitrogens is 2. The second kappa shape index (κ2) is 7.00. The van der Waals surface area contributed by atoms with Crippen LogP contribution in [0.1, 0.15) is 10.4 Å². The van der Waals surface area contributed by atoms with E-state index >= 15 is 0 Å². The summed E-state index contributed by atoms with van der Waals surface area (Å²) < 4.78 is 5.15. The van der Waals surface area contributed by atoms with E-state index in [2.05, 4.69) is 9.97 Å². The monoisotopic (exact) mass is 335 g/mol. The van der Waals surface area contributed by atoms with Crippen molar-refractivity contribution in [3.05, 3.63) is 66.4 Å². The summed E-state index contributed by atoms with van der Waals surface area (Å²) >= 11 is 0. The van der Waals surface area contributed by atoms with Crippen molar-refractivity contribution < 1.29 is 14.6 Å². The van der Waals surface area contributed by atoms with Crippen molar-refractivity contribution in [3.8, 4) is 17.1 Å². The van der Waals surface area contributed by atoms with Gasteiger partial charge in [-0.3, -0.25) is 0 Å². The Morgan fingerprint density at radius 2 is 1.76 bits per heavy atom. The number of para-hydroxylation sites is 1. The number of hydrogen-bond acceptors (Lipinski definition) is 5. The molecule has 0 aliphatic carbocycles. The highest BCUT2D eigenvalue weighted by Gasteiger charge is 2.18. The van der Waals surface area contributed by atoms with Crippen LogP contribution in [0, 0.1) is 0 Å². The van der Waals surface area contributed by atoms with Gasteiger partial charge in [0.25, 0.3) is 0 Å². The summed E-state index contributed by atoms with van der Waals surface area (Å²) in [6.07, 6.45) is 1.34. The Bertz CT molecular complexity index is 880. The first-order valence-corrected chi connectivity index (χ1v) is 7.63. The number of methoxy groups -OCH3 is 1. The van der Waals surface area contributed by atoms with E-state index in [-0.39, 0.29) is 5.56 Å². The van der Waals surface area contributed by atoms with Crippen molar-refractivity contribution in [3.63, 3.8) is 0 Å². The van der Waals surface area contributed by atoms with Gasteiger partial charge in [-0.05, 0) is 36.4 Å². The quantitative estimate of drug-likeness (QED) is 0.767. The Morgan fingerprint density at radius 1 is 1.08 bits per heavy atom. The number of ether oxygens (including phenoxy) is 1. The number of hydrogen-bond donors (Lipinski definition) is 1. The van der Waals surface area contributed by atoms with Gasteiger partial charge in [-0.1, -0.05) is 18.2 Å². The Morgan fingerprint density at radius 3 is 2.36 bits per heavy atom. The third-order valence-corrected chi connectivity index (χ3v) is 3.81. The molecule has 6 nitrogen and oxygen atoms in total. The third kappa shape index (κ3) is 3.42. The van der Waals surface area contributed by atoms with Gasteiger partial charge in [0.1, 0.15) is 11.3 Å². The number of carbonyl (C=O) groups is 1. The standard InChI is InChI=1S/C19H17N3O3/c1-22(14-6-4-3-5-7-14)18-16(19(23)24)12-20-17(21-18)13-8-10-15(25-2)11-9-13/h3-12H,1-2H3,(H,23,24). The topological polar surface area (TPSA) is 75.6 Å². The Balaban J connectivity index is 2.07. The molecule has 1 aromatic heterocycles. The molecule has 0 bridgehead atoms. The normalized spacial score (nSPS) is 10.3. The summed E-state index contributed by atoms with van der Waals surface area (Å²) in [5, 5.41) is 9.47. The van der Waals surface area contributed by atoms with E-state index in [1.54, 1.807) is 19.1 Å². The first-order valence-electron chi connectivity index (χ1n) is 7.63. The molecule has 0 spiro atoms. The number of rotatable bonds is 5.